The van der Waals surface area contributed by atoms with E-state index in [2.05, 4.69) is 5.32 Å². The van der Waals surface area contributed by atoms with Crippen LogP contribution in [-0.4, -0.2) is 11.8 Å². The van der Waals surface area contributed by atoms with Crippen molar-refractivity contribution in [3.8, 4) is 0 Å². The third kappa shape index (κ3) is 2.87. The monoisotopic (exact) mass is 370 g/mol. The van der Waals surface area contributed by atoms with Gasteiger partial charge in [0, 0.05) is 11.4 Å². The molecule has 1 N–H and O–H groups in total. The Morgan fingerprint density at radius 3 is 2.18 bits per heavy atom. The number of hydrogen-bond acceptors (Lipinski definition) is 2. The van der Waals surface area contributed by atoms with Crippen LogP contribution in [0.15, 0.2) is 78.9 Å². The van der Waals surface area contributed by atoms with Gasteiger partial charge >= 0.3 is 0 Å². The number of β-lactam (4-membered cyclic amide) rings is 1. The van der Waals surface area contributed by atoms with Crippen molar-refractivity contribution in [2.45, 2.75) is 25.8 Å². The number of carbonyl (C=O) groups is 2. The molecule has 3 aromatic carbocycles. The summed E-state index contributed by atoms with van der Waals surface area (Å²) < 4.78 is 0. The van der Waals surface area contributed by atoms with Gasteiger partial charge in [-0.2, -0.15) is 0 Å². The minimum Gasteiger partial charge on any atom is -0.323 e. The number of amides is 2. The van der Waals surface area contributed by atoms with E-state index in [0.29, 0.717) is 0 Å². The number of para-hydroxylation sites is 1. The van der Waals surface area contributed by atoms with E-state index in [-0.39, 0.29) is 18.2 Å². The summed E-state index contributed by atoms with van der Waals surface area (Å²) in [6.45, 7) is 3.95. The number of hydrogen-bond donors (Lipinski definition) is 1. The van der Waals surface area contributed by atoms with Gasteiger partial charge in [-0.15, -0.1) is 0 Å². The van der Waals surface area contributed by atoms with Gasteiger partial charge in [0.25, 0.3) is 5.91 Å². The lowest BCUT2D eigenvalue weighted by atomic mass is 9.76. The standard InChI is InChI=1S/C24H22N2O2/c1-17-12-14-20(15-13-17)26-22(27)16-24(26,19-9-4-3-5-10-19)23(28)25-21-11-7-6-8-18(21)2/h3-15H,16H2,1-2H3,(H,25,28). The number of anilines is 2. The van der Waals surface area contributed by atoms with Crippen molar-refractivity contribution in [1.82, 2.24) is 0 Å². The van der Waals surface area contributed by atoms with Crippen LogP contribution in [0.4, 0.5) is 11.4 Å². The molecule has 0 aliphatic carbocycles. The molecule has 140 valence electrons. The first-order chi connectivity index (χ1) is 13.5. The molecule has 1 unspecified atom stereocenters. The highest BCUT2D eigenvalue weighted by atomic mass is 16.2. The Kier molecular flexibility index (Phi) is 4.47. The molecule has 1 saturated heterocycles. The second-order valence-corrected chi connectivity index (χ2v) is 7.24. The maximum absolute atomic E-state index is 13.6. The van der Waals surface area contributed by atoms with Gasteiger partial charge in [-0.3, -0.25) is 14.5 Å². The normalized spacial score (nSPS) is 18.5. The molecule has 1 heterocycles. The second kappa shape index (κ2) is 6.97. The van der Waals surface area contributed by atoms with Gasteiger partial charge in [0.1, 0.15) is 0 Å². The van der Waals surface area contributed by atoms with Gasteiger partial charge < -0.3 is 5.32 Å². The first kappa shape index (κ1) is 18.0. The molecule has 28 heavy (non-hydrogen) atoms. The van der Waals surface area contributed by atoms with E-state index in [4.69, 9.17) is 0 Å². The van der Waals surface area contributed by atoms with Crippen LogP contribution in [0.1, 0.15) is 23.1 Å². The van der Waals surface area contributed by atoms with Crippen LogP contribution in [0, 0.1) is 13.8 Å². The Hall–Kier alpha value is -3.40. The van der Waals surface area contributed by atoms with Gasteiger partial charge in [0.05, 0.1) is 6.42 Å². The fourth-order valence-electron chi connectivity index (χ4n) is 3.75. The molecular weight excluding hydrogens is 348 g/mol. The van der Waals surface area contributed by atoms with E-state index >= 15 is 0 Å². The topological polar surface area (TPSA) is 49.4 Å². The minimum atomic E-state index is -1.06. The maximum Gasteiger partial charge on any atom is 0.255 e. The van der Waals surface area contributed by atoms with Crippen molar-refractivity contribution >= 4 is 23.2 Å². The van der Waals surface area contributed by atoms with Crippen LogP contribution < -0.4 is 10.2 Å². The zero-order chi connectivity index (χ0) is 19.7. The summed E-state index contributed by atoms with van der Waals surface area (Å²) in [6.07, 6.45) is 0.141. The number of rotatable bonds is 4. The molecule has 1 aliphatic rings. The zero-order valence-electron chi connectivity index (χ0n) is 16.0. The molecule has 3 aromatic rings. The van der Waals surface area contributed by atoms with Crippen LogP contribution in [-0.2, 0) is 15.1 Å². The third-order valence-electron chi connectivity index (χ3n) is 5.35. The van der Waals surface area contributed by atoms with Crippen molar-refractivity contribution in [2.24, 2.45) is 0 Å². The Bertz CT molecular complexity index is 1030. The van der Waals surface area contributed by atoms with E-state index in [1.807, 2.05) is 92.7 Å². The van der Waals surface area contributed by atoms with Crippen molar-refractivity contribution in [2.75, 3.05) is 10.2 Å². The number of carbonyl (C=O) groups excluding carboxylic acids is 2. The van der Waals surface area contributed by atoms with Crippen molar-refractivity contribution < 1.29 is 9.59 Å². The van der Waals surface area contributed by atoms with Crippen molar-refractivity contribution in [1.29, 1.82) is 0 Å². The molecule has 0 radical (unpaired) electrons. The fourth-order valence-corrected chi connectivity index (χ4v) is 3.75. The van der Waals surface area contributed by atoms with E-state index in [0.717, 1.165) is 28.1 Å². The average Bonchev–Trinajstić information content (AvgIpc) is 2.70. The highest BCUT2D eigenvalue weighted by Gasteiger charge is 2.58. The maximum atomic E-state index is 13.6. The summed E-state index contributed by atoms with van der Waals surface area (Å²) in [6, 6.07) is 24.9. The highest BCUT2D eigenvalue weighted by Crippen LogP contribution is 2.45. The molecule has 4 nitrogen and oxygen atoms in total. The average molecular weight is 370 g/mol. The van der Waals surface area contributed by atoms with Gasteiger partial charge in [-0.05, 0) is 43.2 Å². The molecule has 4 rings (SSSR count). The number of benzene rings is 3. The minimum absolute atomic E-state index is 0.0624. The number of nitrogens with one attached hydrogen (secondary N) is 1. The predicted octanol–water partition coefficient (Wildman–Crippen LogP) is 4.57. The molecule has 1 atom stereocenters. The van der Waals surface area contributed by atoms with Crippen LogP contribution in [0.2, 0.25) is 0 Å². The Labute approximate surface area is 164 Å². The van der Waals surface area contributed by atoms with Crippen LogP contribution in [0.3, 0.4) is 0 Å². The smallest absolute Gasteiger partial charge is 0.255 e. The van der Waals surface area contributed by atoms with E-state index in [9.17, 15) is 9.59 Å². The van der Waals surface area contributed by atoms with Crippen LogP contribution in [0.5, 0.6) is 0 Å². The van der Waals surface area contributed by atoms with Gasteiger partial charge in [0.15, 0.2) is 5.54 Å². The predicted molar refractivity (Wildman–Crippen MR) is 111 cm³/mol. The second-order valence-electron chi connectivity index (χ2n) is 7.24. The molecule has 2 amide bonds. The van der Waals surface area contributed by atoms with Gasteiger partial charge in [-0.1, -0.05) is 66.2 Å². The van der Waals surface area contributed by atoms with Gasteiger partial charge in [0.2, 0.25) is 5.91 Å². The molecule has 1 fully saturated rings. The summed E-state index contributed by atoms with van der Waals surface area (Å²) in [5.41, 5.74) is 3.31. The molecule has 4 heteroatoms. The Morgan fingerprint density at radius 1 is 0.893 bits per heavy atom. The summed E-state index contributed by atoms with van der Waals surface area (Å²) in [5.74, 6) is -0.263. The van der Waals surface area contributed by atoms with Crippen LogP contribution in [0.25, 0.3) is 0 Å². The molecule has 0 aromatic heterocycles. The molecule has 0 bridgehead atoms. The third-order valence-corrected chi connectivity index (χ3v) is 5.35. The Morgan fingerprint density at radius 2 is 1.54 bits per heavy atom. The van der Waals surface area contributed by atoms with E-state index < -0.39 is 5.54 Å². The Balaban J connectivity index is 1.79. The number of aryl methyl sites for hydroxylation is 2. The fraction of sp³-hybridized carbons (Fsp3) is 0.167. The first-order valence-corrected chi connectivity index (χ1v) is 9.35. The SMILES string of the molecule is Cc1ccc(N2C(=O)CC2(C(=O)Nc2ccccc2C)c2ccccc2)cc1. The van der Waals surface area contributed by atoms with E-state index in [1.54, 1.807) is 4.90 Å². The lowest BCUT2D eigenvalue weighted by molar-refractivity contribution is -0.137. The van der Waals surface area contributed by atoms with Gasteiger partial charge in [-0.25, -0.2) is 0 Å². The van der Waals surface area contributed by atoms with Crippen molar-refractivity contribution in [3.63, 3.8) is 0 Å². The van der Waals surface area contributed by atoms with E-state index in [1.165, 1.54) is 0 Å². The first-order valence-electron chi connectivity index (χ1n) is 9.35. The summed E-state index contributed by atoms with van der Waals surface area (Å²) in [4.78, 5) is 27.9. The molecule has 0 saturated carbocycles. The summed E-state index contributed by atoms with van der Waals surface area (Å²) in [7, 11) is 0. The molecular formula is C24H22N2O2. The quantitative estimate of drug-likeness (QED) is 0.684. The van der Waals surface area contributed by atoms with Crippen molar-refractivity contribution in [3.05, 3.63) is 95.6 Å². The number of nitrogens with zero attached hydrogens (tertiary/aromatic N) is 1. The largest absolute Gasteiger partial charge is 0.323 e. The summed E-state index contributed by atoms with van der Waals surface area (Å²) in [5, 5.41) is 3.05. The van der Waals surface area contributed by atoms with Crippen LogP contribution >= 0.6 is 0 Å². The zero-order valence-corrected chi connectivity index (χ0v) is 16.0. The molecule has 0 spiro atoms. The molecule has 1 aliphatic heterocycles. The lowest BCUT2D eigenvalue weighted by Gasteiger charge is -2.50. The summed E-state index contributed by atoms with van der Waals surface area (Å²) >= 11 is 0. The highest BCUT2D eigenvalue weighted by molar-refractivity contribution is 6.17. The lowest BCUT2D eigenvalue weighted by Crippen LogP contribution is -2.67.